The van der Waals surface area contributed by atoms with Gasteiger partial charge in [-0.3, -0.25) is 9.80 Å². The Balaban J connectivity index is 1.88. The van der Waals surface area contributed by atoms with Crippen molar-refractivity contribution in [1.82, 2.24) is 14.8 Å². The number of hydrogen-bond acceptors (Lipinski definition) is 6. The minimum absolute atomic E-state index is 0.246. The van der Waals surface area contributed by atoms with Gasteiger partial charge in [-0.2, -0.15) is 0 Å². The number of carbonyl (C=O) groups is 1. The molecular formula is C12H17N3O3S. The number of thiazole rings is 1. The quantitative estimate of drug-likeness (QED) is 0.875. The van der Waals surface area contributed by atoms with E-state index in [9.17, 15) is 9.90 Å². The fraction of sp³-hybridized carbons (Fsp3) is 0.667. The molecule has 104 valence electrons. The van der Waals surface area contributed by atoms with Gasteiger partial charge in [0.2, 0.25) is 0 Å². The summed E-state index contributed by atoms with van der Waals surface area (Å²) in [5, 5.41) is 10.1. The molecule has 2 bridgehead atoms. The zero-order chi connectivity index (χ0) is 13.4. The van der Waals surface area contributed by atoms with E-state index in [4.69, 9.17) is 4.74 Å². The molecule has 3 saturated heterocycles. The summed E-state index contributed by atoms with van der Waals surface area (Å²) in [6, 6.07) is 0.246. The van der Waals surface area contributed by atoms with Gasteiger partial charge in [0, 0.05) is 39.8 Å². The second kappa shape index (κ2) is 5.16. The number of methoxy groups -OCH3 is 1. The van der Waals surface area contributed by atoms with Gasteiger partial charge >= 0.3 is 5.97 Å². The predicted octanol–water partition coefficient (Wildman–Crippen LogP) is 0.660. The fourth-order valence-corrected chi connectivity index (χ4v) is 3.80. The molecule has 6 nitrogen and oxygen atoms in total. The molecule has 3 aliphatic rings. The van der Waals surface area contributed by atoms with Gasteiger partial charge in [-0.15, -0.1) is 11.3 Å². The first-order chi connectivity index (χ1) is 9.19. The lowest BCUT2D eigenvalue weighted by molar-refractivity contribution is 0.0121. The topological polar surface area (TPSA) is 65.9 Å². The van der Waals surface area contributed by atoms with Crippen molar-refractivity contribution in [3.63, 3.8) is 0 Å². The number of piperazine rings is 3. The molecule has 19 heavy (non-hydrogen) atoms. The number of ether oxygens (including phenoxy) is 1. The third-order valence-electron chi connectivity index (χ3n) is 3.75. The first kappa shape index (κ1) is 13.0. The summed E-state index contributed by atoms with van der Waals surface area (Å²) in [7, 11) is 1.56. The van der Waals surface area contributed by atoms with Crippen molar-refractivity contribution in [3.8, 4) is 0 Å². The Morgan fingerprint density at radius 2 is 2.21 bits per heavy atom. The molecule has 0 aliphatic carbocycles. The largest absolute Gasteiger partial charge is 0.477 e. The summed E-state index contributed by atoms with van der Waals surface area (Å²) in [4.78, 5) is 20.9. The van der Waals surface area contributed by atoms with Crippen LogP contribution in [0.2, 0.25) is 0 Å². The highest BCUT2D eigenvalue weighted by molar-refractivity contribution is 7.13. The molecule has 1 aromatic heterocycles. The minimum Gasteiger partial charge on any atom is -0.477 e. The summed E-state index contributed by atoms with van der Waals surface area (Å²) in [6.07, 6.45) is 0. The number of nitrogens with zero attached hydrogens (tertiary/aromatic N) is 3. The van der Waals surface area contributed by atoms with E-state index in [1.165, 1.54) is 11.3 Å². The van der Waals surface area contributed by atoms with Crippen LogP contribution in [0.25, 0.3) is 0 Å². The van der Waals surface area contributed by atoms with E-state index < -0.39 is 5.97 Å². The second-order valence-electron chi connectivity index (χ2n) is 4.92. The highest BCUT2D eigenvalue weighted by Gasteiger charge is 2.35. The van der Waals surface area contributed by atoms with Gasteiger partial charge in [0.05, 0.1) is 18.3 Å². The first-order valence-electron chi connectivity index (χ1n) is 6.37. The number of carboxylic acid groups (broad SMARTS) is 1. The number of hydrogen-bond donors (Lipinski definition) is 1. The van der Waals surface area contributed by atoms with Crippen LogP contribution in [-0.2, 0) is 11.3 Å². The number of carboxylic acids is 1. The average molecular weight is 283 g/mol. The van der Waals surface area contributed by atoms with Crippen molar-refractivity contribution in [2.45, 2.75) is 12.6 Å². The molecule has 0 amide bonds. The lowest BCUT2D eigenvalue weighted by Gasteiger charge is -2.46. The van der Waals surface area contributed by atoms with E-state index in [1.54, 1.807) is 7.11 Å². The smallest absolute Gasteiger partial charge is 0.347 e. The minimum atomic E-state index is -0.910. The van der Waals surface area contributed by atoms with Crippen LogP contribution in [-0.4, -0.2) is 65.7 Å². The molecule has 1 unspecified atom stereocenters. The summed E-state index contributed by atoms with van der Waals surface area (Å²) < 4.78 is 5.04. The van der Waals surface area contributed by atoms with E-state index in [1.807, 2.05) is 0 Å². The lowest BCUT2D eigenvalue weighted by Crippen LogP contribution is -2.56. The summed E-state index contributed by atoms with van der Waals surface area (Å²) in [6.45, 7) is 5.53. The lowest BCUT2D eigenvalue weighted by atomic mass is 10.1. The molecule has 0 radical (unpaired) electrons. The van der Waals surface area contributed by atoms with Crippen molar-refractivity contribution >= 4 is 17.3 Å². The monoisotopic (exact) mass is 283 g/mol. The molecule has 0 saturated carbocycles. The van der Waals surface area contributed by atoms with Crippen LogP contribution in [0.1, 0.15) is 26.4 Å². The molecule has 1 atom stereocenters. The molecule has 4 heterocycles. The van der Waals surface area contributed by atoms with E-state index in [0.717, 1.165) is 37.7 Å². The molecule has 4 rings (SSSR count). The van der Waals surface area contributed by atoms with Gasteiger partial charge in [0.25, 0.3) is 0 Å². The highest BCUT2D eigenvalue weighted by atomic mass is 32.1. The van der Waals surface area contributed by atoms with Crippen LogP contribution in [0, 0.1) is 0 Å². The number of fused-ring (bicyclic) bond motifs is 3. The van der Waals surface area contributed by atoms with Crippen molar-refractivity contribution in [1.29, 1.82) is 0 Å². The molecule has 1 aromatic rings. The first-order valence-corrected chi connectivity index (χ1v) is 7.19. The van der Waals surface area contributed by atoms with Gasteiger partial charge < -0.3 is 9.84 Å². The Kier molecular flexibility index (Phi) is 3.53. The van der Waals surface area contributed by atoms with Gasteiger partial charge in [0.1, 0.15) is 9.88 Å². The fourth-order valence-electron chi connectivity index (χ4n) is 2.77. The van der Waals surface area contributed by atoms with Crippen LogP contribution < -0.4 is 0 Å². The summed E-state index contributed by atoms with van der Waals surface area (Å²) >= 11 is 1.29. The number of aromatic carboxylic acids is 1. The summed E-state index contributed by atoms with van der Waals surface area (Å²) in [5.41, 5.74) is 0.549. The van der Waals surface area contributed by atoms with Gasteiger partial charge in [-0.1, -0.05) is 0 Å². The summed E-state index contributed by atoms with van der Waals surface area (Å²) in [5.74, 6) is -0.910. The predicted molar refractivity (Wildman–Crippen MR) is 70.5 cm³/mol. The Labute approximate surface area is 115 Å². The number of aromatic nitrogens is 1. The maximum atomic E-state index is 11.2. The number of rotatable bonds is 4. The highest BCUT2D eigenvalue weighted by Crippen LogP contribution is 2.33. The van der Waals surface area contributed by atoms with Crippen molar-refractivity contribution in [2.75, 3.05) is 39.8 Å². The van der Waals surface area contributed by atoms with Crippen LogP contribution in [0.15, 0.2) is 0 Å². The zero-order valence-corrected chi connectivity index (χ0v) is 11.7. The maximum absolute atomic E-state index is 11.2. The Morgan fingerprint density at radius 3 is 2.74 bits per heavy atom. The van der Waals surface area contributed by atoms with Crippen molar-refractivity contribution in [3.05, 3.63) is 15.6 Å². The van der Waals surface area contributed by atoms with Gasteiger partial charge in [-0.05, 0) is 0 Å². The van der Waals surface area contributed by atoms with E-state index in [0.29, 0.717) is 10.6 Å². The molecule has 3 aliphatic heterocycles. The molecular weight excluding hydrogens is 266 g/mol. The zero-order valence-electron chi connectivity index (χ0n) is 10.8. The Bertz CT molecular complexity index is 483. The van der Waals surface area contributed by atoms with Crippen LogP contribution in [0.4, 0.5) is 0 Å². The standard InChI is InChI=1S/C12H17N3O3S/c1-18-7-8-10(12(16)17)19-11(13-8)9-6-14-2-4-15(9)5-3-14/h9H,2-7H2,1H3,(H,16,17). The van der Waals surface area contributed by atoms with Crippen molar-refractivity contribution < 1.29 is 14.6 Å². The Hall–Kier alpha value is -1.02. The SMILES string of the molecule is COCc1nc(C2CN3CCN2CC3)sc1C(=O)O. The van der Waals surface area contributed by atoms with Gasteiger partial charge in [0.15, 0.2) is 0 Å². The molecule has 1 N–H and O–H groups in total. The maximum Gasteiger partial charge on any atom is 0.347 e. The van der Waals surface area contributed by atoms with Crippen LogP contribution in [0.3, 0.4) is 0 Å². The molecule has 0 aromatic carbocycles. The molecule has 0 spiro atoms. The third-order valence-corrected chi connectivity index (χ3v) is 4.94. The van der Waals surface area contributed by atoms with E-state index >= 15 is 0 Å². The van der Waals surface area contributed by atoms with E-state index in [2.05, 4.69) is 14.8 Å². The molecule has 3 fully saturated rings. The second-order valence-corrected chi connectivity index (χ2v) is 5.95. The average Bonchev–Trinajstić information content (AvgIpc) is 2.84. The third kappa shape index (κ3) is 2.38. The van der Waals surface area contributed by atoms with Crippen LogP contribution >= 0.6 is 11.3 Å². The van der Waals surface area contributed by atoms with Gasteiger partial charge in [-0.25, -0.2) is 9.78 Å². The normalized spacial score (nSPS) is 29.6. The molecule has 7 heteroatoms. The van der Waals surface area contributed by atoms with Crippen molar-refractivity contribution in [2.24, 2.45) is 0 Å². The Morgan fingerprint density at radius 1 is 1.47 bits per heavy atom. The van der Waals surface area contributed by atoms with E-state index in [-0.39, 0.29) is 12.6 Å². The van der Waals surface area contributed by atoms with Crippen LogP contribution in [0.5, 0.6) is 0 Å².